The first-order valence-corrected chi connectivity index (χ1v) is 4.63. The predicted octanol–water partition coefficient (Wildman–Crippen LogP) is 4.01. The second-order valence-electron chi connectivity index (χ2n) is 3.04. The number of halogens is 4. The number of rotatable bonds is 1. The van der Waals surface area contributed by atoms with Crippen molar-refractivity contribution >= 4 is 11.6 Å². The second-order valence-corrected chi connectivity index (χ2v) is 3.42. The molecule has 0 saturated carbocycles. The molecule has 0 aliphatic rings. The van der Waals surface area contributed by atoms with E-state index >= 15 is 0 Å². The molecule has 0 unspecified atom stereocenters. The first-order valence-electron chi connectivity index (χ1n) is 4.26. The van der Waals surface area contributed by atoms with Crippen LogP contribution >= 0.6 is 11.6 Å². The molecule has 0 amide bonds. The van der Waals surface area contributed by atoms with E-state index in [2.05, 4.69) is 4.98 Å². The van der Waals surface area contributed by atoms with Crippen LogP contribution in [0.15, 0.2) is 34.9 Å². The van der Waals surface area contributed by atoms with Gasteiger partial charge in [-0.1, -0.05) is 0 Å². The van der Waals surface area contributed by atoms with Gasteiger partial charge in [0.1, 0.15) is 0 Å². The van der Waals surface area contributed by atoms with E-state index in [1.165, 1.54) is 18.3 Å². The van der Waals surface area contributed by atoms with Gasteiger partial charge in [0, 0.05) is 5.56 Å². The highest BCUT2D eigenvalue weighted by Gasteiger charge is 2.30. The van der Waals surface area contributed by atoms with Crippen LogP contribution in [0.25, 0.3) is 11.5 Å². The van der Waals surface area contributed by atoms with E-state index in [0.29, 0.717) is 5.56 Å². The minimum Gasteiger partial charge on any atom is -0.425 e. The summed E-state index contributed by atoms with van der Waals surface area (Å²) in [7, 11) is 0. The Bertz CT molecular complexity index is 490. The maximum atomic E-state index is 12.3. The first-order chi connectivity index (χ1) is 7.47. The van der Waals surface area contributed by atoms with Crippen molar-refractivity contribution in [2.75, 3.05) is 0 Å². The number of nitrogens with zero attached hydrogens (tertiary/aromatic N) is 1. The van der Waals surface area contributed by atoms with E-state index in [-0.39, 0.29) is 11.1 Å². The van der Waals surface area contributed by atoms with Gasteiger partial charge in [0.15, 0.2) is 0 Å². The Morgan fingerprint density at radius 3 is 2.19 bits per heavy atom. The van der Waals surface area contributed by atoms with E-state index in [9.17, 15) is 13.2 Å². The average Bonchev–Trinajstić information content (AvgIpc) is 2.64. The Morgan fingerprint density at radius 2 is 1.75 bits per heavy atom. The monoisotopic (exact) mass is 247 g/mol. The van der Waals surface area contributed by atoms with Crippen LogP contribution in [0.5, 0.6) is 0 Å². The fourth-order valence-electron chi connectivity index (χ4n) is 1.19. The van der Waals surface area contributed by atoms with Crippen molar-refractivity contribution in [2.45, 2.75) is 6.18 Å². The van der Waals surface area contributed by atoms with Crippen LogP contribution in [0, 0.1) is 0 Å². The zero-order valence-corrected chi connectivity index (χ0v) is 8.51. The molecule has 0 fully saturated rings. The minimum atomic E-state index is -4.34. The van der Waals surface area contributed by atoms with Gasteiger partial charge in [-0.05, 0) is 35.9 Å². The lowest BCUT2D eigenvalue weighted by molar-refractivity contribution is -0.137. The van der Waals surface area contributed by atoms with Gasteiger partial charge in [0.25, 0.3) is 0 Å². The topological polar surface area (TPSA) is 26.0 Å². The van der Waals surface area contributed by atoms with Gasteiger partial charge in [-0.3, -0.25) is 0 Å². The lowest BCUT2D eigenvalue weighted by atomic mass is 10.1. The zero-order valence-electron chi connectivity index (χ0n) is 7.75. The molecule has 0 bridgehead atoms. The highest BCUT2D eigenvalue weighted by Crippen LogP contribution is 2.31. The Balaban J connectivity index is 2.33. The van der Waals surface area contributed by atoms with Gasteiger partial charge in [-0.25, -0.2) is 4.98 Å². The van der Waals surface area contributed by atoms with Gasteiger partial charge in [-0.2, -0.15) is 13.2 Å². The standard InChI is InChI=1S/C10H5ClF3NO/c11-8-5-15-9(16-8)6-1-3-7(4-2-6)10(12,13)14/h1-5H. The summed E-state index contributed by atoms with van der Waals surface area (Å²) in [6.07, 6.45) is -3.05. The average molecular weight is 248 g/mol. The van der Waals surface area contributed by atoms with E-state index in [1.54, 1.807) is 0 Å². The summed E-state index contributed by atoms with van der Waals surface area (Å²) in [5, 5.41) is 0.0925. The molecule has 0 spiro atoms. The fraction of sp³-hybridized carbons (Fsp3) is 0.100. The van der Waals surface area contributed by atoms with Gasteiger partial charge in [0.05, 0.1) is 11.8 Å². The highest BCUT2D eigenvalue weighted by atomic mass is 35.5. The molecule has 2 nitrogen and oxygen atoms in total. The van der Waals surface area contributed by atoms with Crippen LogP contribution in [0.4, 0.5) is 13.2 Å². The van der Waals surface area contributed by atoms with Crippen LogP contribution in [0.1, 0.15) is 5.56 Å². The molecular formula is C10H5ClF3NO. The van der Waals surface area contributed by atoms with Crippen molar-refractivity contribution in [2.24, 2.45) is 0 Å². The molecule has 16 heavy (non-hydrogen) atoms. The molecule has 6 heteroatoms. The van der Waals surface area contributed by atoms with Crippen molar-refractivity contribution in [1.29, 1.82) is 0 Å². The third-order valence-corrected chi connectivity index (χ3v) is 2.11. The summed E-state index contributed by atoms with van der Waals surface area (Å²) in [4.78, 5) is 3.80. The van der Waals surface area contributed by atoms with Crippen LogP contribution < -0.4 is 0 Å². The van der Waals surface area contributed by atoms with Crippen molar-refractivity contribution in [3.8, 4) is 11.5 Å². The minimum absolute atomic E-state index is 0.0925. The molecule has 0 aliphatic carbocycles. The molecule has 2 aromatic rings. The summed E-state index contributed by atoms with van der Waals surface area (Å²) in [5.41, 5.74) is -0.270. The number of alkyl halides is 3. The van der Waals surface area contributed by atoms with Gasteiger partial charge in [-0.15, -0.1) is 0 Å². The Morgan fingerprint density at radius 1 is 1.12 bits per heavy atom. The third kappa shape index (κ3) is 2.19. The van der Waals surface area contributed by atoms with E-state index in [0.717, 1.165) is 12.1 Å². The quantitative estimate of drug-likeness (QED) is 0.761. The Kier molecular flexibility index (Phi) is 2.63. The van der Waals surface area contributed by atoms with Crippen molar-refractivity contribution in [3.63, 3.8) is 0 Å². The molecule has 0 N–H and O–H groups in total. The normalized spacial score (nSPS) is 11.8. The molecule has 0 radical (unpaired) electrons. The molecule has 1 heterocycles. The smallest absolute Gasteiger partial charge is 0.416 e. The van der Waals surface area contributed by atoms with Crippen molar-refractivity contribution in [1.82, 2.24) is 4.98 Å². The number of oxazole rings is 1. The van der Waals surface area contributed by atoms with Crippen LogP contribution in [0.3, 0.4) is 0 Å². The molecular weight excluding hydrogens is 243 g/mol. The van der Waals surface area contributed by atoms with Gasteiger partial charge in [0.2, 0.25) is 11.1 Å². The number of hydrogen-bond acceptors (Lipinski definition) is 2. The molecule has 0 saturated heterocycles. The van der Waals surface area contributed by atoms with E-state index in [4.69, 9.17) is 16.0 Å². The second kappa shape index (κ2) is 3.83. The van der Waals surface area contributed by atoms with Crippen LogP contribution in [-0.4, -0.2) is 4.98 Å². The Labute approximate surface area is 93.7 Å². The lowest BCUT2D eigenvalue weighted by Crippen LogP contribution is -2.03. The Hall–Kier alpha value is -1.49. The summed E-state index contributed by atoms with van der Waals surface area (Å²) < 4.78 is 41.8. The fourth-order valence-corrected chi connectivity index (χ4v) is 1.31. The van der Waals surface area contributed by atoms with Gasteiger partial charge < -0.3 is 4.42 Å². The van der Waals surface area contributed by atoms with Crippen LogP contribution in [-0.2, 0) is 6.18 Å². The molecule has 0 atom stereocenters. The molecule has 1 aromatic heterocycles. The molecule has 84 valence electrons. The lowest BCUT2D eigenvalue weighted by Gasteiger charge is -2.05. The largest absolute Gasteiger partial charge is 0.425 e. The maximum absolute atomic E-state index is 12.3. The summed E-state index contributed by atoms with van der Waals surface area (Å²) in [5.74, 6) is 0.193. The highest BCUT2D eigenvalue weighted by molar-refractivity contribution is 6.28. The van der Waals surface area contributed by atoms with Crippen LogP contribution in [0.2, 0.25) is 5.22 Å². The van der Waals surface area contributed by atoms with E-state index < -0.39 is 11.7 Å². The molecule has 2 rings (SSSR count). The van der Waals surface area contributed by atoms with E-state index in [1.807, 2.05) is 0 Å². The number of aromatic nitrogens is 1. The third-order valence-electron chi connectivity index (χ3n) is 1.94. The SMILES string of the molecule is FC(F)(F)c1ccc(-c2ncc(Cl)o2)cc1. The molecule has 1 aromatic carbocycles. The summed E-state index contributed by atoms with van der Waals surface area (Å²) >= 11 is 5.50. The number of hydrogen-bond donors (Lipinski definition) is 0. The first kappa shape index (κ1) is 11.0. The van der Waals surface area contributed by atoms with Crippen molar-refractivity contribution in [3.05, 3.63) is 41.2 Å². The van der Waals surface area contributed by atoms with Crippen molar-refractivity contribution < 1.29 is 17.6 Å². The number of benzene rings is 1. The predicted molar refractivity (Wildman–Crippen MR) is 52.0 cm³/mol. The maximum Gasteiger partial charge on any atom is 0.416 e. The molecule has 0 aliphatic heterocycles. The van der Waals surface area contributed by atoms with Gasteiger partial charge >= 0.3 is 6.18 Å². The zero-order chi connectivity index (χ0) is 11.8. The summed E-state index contributed by atoms with van der Waals surface area (Å²) in [6.45, 7) is 0. The summed E-state index contributed by atoms with van der Waals surface area (Å²) in [6, 6.07) is 4.50.